The van der Waals surface area contributed by atoms with Gasteiger partial charge >= 0.3 is 20.2 Å². The lowest BCUT2D eigenvalue weighted by molar-refractivity contribution is -0.145. The summed E-state index contributed by atoms with van der Waals surface area (Å²) in [6.07, 6.45) is 26.9. The Bertz CT molecular complexity index is 1760. The first-order valence-corrected chi connectivity index (χ1v) is 22.2. The van der Waals surface area contributed by atoms with Crippen LogP contribution in [-0.2, 0) is 29.8 Å². The van der Waals surface area contributed by atoms with Crippen molar-refractivity contribution in [2.24, 2.45) is 0 Å². The Morgan fingerprint density at radius 3 is 2.07 bits per heavy atom. The Hall–Kier alpha value is -3.67. The van der Waals surface area contributed by atoms with Crippen molar-refractivity contribution in [1.29, 1.82) is 0 Å². The van der Waals surface area contributed by atoms with Gasteiger partial charge in [0, 0.05) is 18.9 Å². The number of aliphatic hydroxyl groups excluding tert-OH is 1. The van der Waals surface area contributed by atoms with Gasteiger partial charge in [0.1, 0.15) is 30.6 Å². The molecule has 1 fully saturated rings. The van der Waals surface area contributed by atoms with Crippen molar-refractivity contribution in [3.63, 3.8) is 0 Å². The molecule has 0 bridgehead atoms. The van der Waals surface area contributed by atoms with E-state index in [1.807, 2.05) is 0 Å². The fourth-order valence-electron chi connectivity index (χ4n) is 7.26. The van der Waals surface area contributed by atoms with Crippen LogP contribution < -0.4 is 10.8 Å². The van der Waals surface area contributed by atoms with Crippen molar-refractivity contribution >= 4 is 31.1 Å². The van der Waals surface area contributed by atoms with E-state index in [2.05, 4.69) is 32.9 Å². The zero-order valence-corrected chi connectivity index (χ0v) is 34.7. The van der Waals surface area contributed by atoms with Gasteiger partial charge in [-0.15, -0.1) is 10.9 Å². The Labute approximate surface area is 341 Å². The van der Waals surface area contributed by atoms with Gasteiger partial charge < -0.3 is 20.3 Å². The van der Waals surface area contributed by atoms with Crippen LogP contribution in [0.4, 0.5) is 19.0 Å². The third-order valence-corrected chi connectivity index (χ3v) is 11.5. The van der Waals surface area contributed by atoms with E-state index in [0.717, 1.165) is 31.4 Å². The van der Waals surface area contributed by atoms with Gasteiger partial charge in [0.2, 0.25) is 0 Å². The number of unbranched alkanes of at least 4 members (excludes halogenated alkanes) is 18. The number of hydrogen-bond donors (Lipinski definition) is 3. The Morgan fingerprint density at radius 1 is 0.966 bits per heavy atom. The van der Waals surface area contributed by atoms with Crippen molar-refractivity contribution < 1.29 is 41.6 Å². The second-order valence-electron chi connectivity index (χ2n) is 15.3. The number of halogens is 3. The lowest BCUT2D eigenvalue weighted by Gasteiger charge is -2.24. The van der Waals surface area contributed by atoms with Crippen molar-refractivity contribution in [2.45, 2.75) is 166 Å². The number of carbonyl (C=O) groups excluding carboxylic acids is 1. The second kappa shape index (κ2) is 25.1. The van der Waals surface area contributed by atoms with Crippen LogP contribution in [-0.4, -0.2) is 61.6 Å². The molecule has 3 aromatic rings. The number of imidazole rings is 1. The number of fused-ring (bicyclic) bond motifs is 1. The van der Waals surface area contributed by atoms with E-state index < -0.39 is 62.4 Å². The number of nitrogen functional groups attached to an aromatic ring is 1. The third-order valence-electron chi connectivity index (χ3n) is 10.6. The first kappa shape index (κ1) is 47.0. The highest BCUT2D eigenvalue weighted by Crippen LogP contribution is 2.39. The van der Waals surface area contributed by atoms with Crippen LogP contribution in [0.15, 0.2) is 24.5 Å². The maximum atomic E-state index is 14.0. The number of nitrogens with two attached hydrogens (primary N) is 1. The topological polar surface area (TPSA) is 164 Å². The van der Waals surface area contributed by atoms with Crippen LogP contribution in [0.25, 0.3) is 11.2 Å². The molecule has 0 spiro atoms. The largest absolute Gasteiger partial charge is 0.614 e. The van der Waals surface area contributed by atoms with E-state index in [1.165, 1.54) is 107 Å². The molecule has 1 aromatic carbocycles. The first-order valence-electron chi connectivity index (χ1n) is 21.0. The number of ether oxygens (including phenoxy) is 2. The predicted molar refractivity (Wildman–Crippen MR) is 217 cm³/mol. The summed E-state index contributed by atoms with van der Waals surface area (Å²) in [5.41, 5.74) is 4.21. The van der Waals surface area contributed by atoms with Gasteiger partial charge in [0.25, 0.3) is 0 Å². The molecule has 4 N–H and O–H groups in total. The van der Waals surface area contributed by atoms with E-state index in [9.17, 15) is 27.6 Å². The van der Waals surface area contributed by atoms with E-state index in [-0.39, 0.29) is 42.0 Å². The van der Waals surface area contributed by atoms with Crippen LogP contribution in [0.5, 0.6) is 0 Å². The molecule has 12 nitrogen and oxygen atoms in total. The molecule has 320 valence electrons. The second-order valence-corrected chi connectivity index (χ2v) is 16.3. The molecule has 0 radical (unpaired) electrons. The molecular formula is C42H61F3N6O6P+. The maximum Gasteiger partial charge on any atom is 0.614 e. The van der Waals surface area contributed by atoms with Gasteiger partial charge in [-0.05, 0) is 28.7 Å². The highest BCUT2D eigenvalue weighted by molar-refractivity contribution is 7.36. The number of aromatic nitrogens is 4. The number of benzene rings is 1. The fourth-order valence-corrected chi connectivity index (χ4v) is 8.10. The van der Waals surface area contributed by atoms with Crippen molar-refractivity contribution in [3.8, 4) is 12.3 Å². The van der Waals surface area contributed by atoms with Gasteiger partial charge in [-0.2, -0.15) is 14.4 Å². The fraction of sp³-hybridized carbons (Fsp3) is 0.667. The monoisotopic (exact) mass is 833 g/mol. The van der Waals surface area contributed by atoms with Crippen LogP contribution in [0.1, 0.15) is 147 Å². The minimum absolute atomic E-state index is 0.0130. The number of aliphatic hydroxyl groups is 1. The summed E-state index contributed by atoms with van der Waals surface area (Å²) < 4.78 is 73.4. The molecule has 1 aliphatic rings. The van der Waals surface area contributed by atoms with Crippen molar-refractivity contribution in [3.05, 3.63) is 47.8 Å². The van der Waals surface area contributed by atoms with Crippen molar-refractivity contribution in [1.82, 2.24) is 24.6 Å². The number of carbonyl (C=O) groups is 1. The molecule has 1 unspecified atom stereocenters. The number of hydrogen-bond acceptors (Lipinski definition) is 10. The molecule has 5 atom stereocenters. The quantitative estimate of drug-likeness (QED) is 0.0201. The standard InChI is InChI=1S/C42H61F3N6O6P/c1-3-5-6-7-8-9-10-11-12-13-14-15-16-17-18-19-20-21-22-23-55-40(53)34(26-31-24-32(43)27-33(44)25-31)50-58(54)56-29-42(4-2)35(52)28-36(57-42)51-30-47-37-38(46)48-41(45)49-39(37)51/h2,24-25,27,30,34-36,52H,3,5-23,26,28-29H2,1H3,(H,50,54)(H2,46,48,49)/q+1/t34-,35-,36+,42+/m0/s1. The highest BCUT2D eigenvalue weighted by atomic mass is 31.1. The minimum Gasteiger partial charge on any atom is -0.464 e. The summed E-state index contributed by atoms with van der Waals surface area (Å²) in [6, 6.07) is 1.54. The van der Waals surface area contributed by atoms with E-state index in [1.54, 1.807) is 0 Å². The molecule has 1 saturated heterocycles. The van der Waals surface area contributed by atoms with Crippen LogP contribution in [0, 0.1) is 30.1 Å². The Morgan fingerprint density at radius 2 is 1.52 bits per heavy atom. The van der Waals surface area contributed by atoms with Gasteiger partial charge in [0.15, 0.2) is 28.6 Å². The Balaban J connectivity index is 1.16. The Kier molecular flexibility index (Phi) is 20.3. The molecule has 3 heterocycles. The molecule has 0 saturated carbocycles. The van der Waals surface area contributed by atoms with Gasteiger partial charge in [0.05, 0.1) is 12.9 Å². The summed E-state index contributed by atoms with van der Waals surface area (Å²) in [5, 5.41) is 13.5. The average Bonchev–Trinajstić information content (AvgIpc) is 3.76. The molecule has 0 amide bonds. The van der Waals surface area contributed by atoms with Gasteiger partial charge in [-0.1, -0.05) is 134 Å². The summed E-state index contributed by atoms with van der Waals surface area (Å²) in [5.74, 6) is -0.274. The molecule has 58 heavy (non-hydrogen) atoms. The predicted octanol–water partition coefficient (Wildman–Crippen LogP) is 9.33. The zero-order valence-electron chi connectivity index (χ0n) is 33.8. The van der Waals surface area contributed by atoms with E-state index in [4.69, 9.17) is 26.2 Å². The number of anilines is 1. The van der Waals surface area contributed by atoms with Crippen molar-refractivity contribution in [2.75, 3.05) is 18.9 Å². The number of terminal acetylenes is 1. The normalized spacial score (nSPS) is 18.7. The van der Waals surface area contributed by atoms with Crippen LogP contribution in [0.2, 0.25) is 0 Å². The van der Waals surface area contributed by atoms with E-state index >= 15 is 0 Å². The highest BCUT2D eigenvalue weighted by Gasteiger charge is 2.50. The lowest BCUT2D eigenvalue weighted by atomic mass is 9.99. The number of nitrogens with zero attached hydrogens (tertiary/aromatic N) is 4. The van der Waals surface area contributed by atoms with Crippen LogP contribution in [0.3, 0.4) is 0 Å². The summed E-state index contributed by atoms with van der Waals surface area (Å²) in [6.45, 7) is 1.79. The lowest BCUT2D eigenvalue weighted by Crippen LogP contribution is -2.43. The van der Waals surface area contributed by atoms with E-state index in [0.29, 0.717) is 12.5 Å². The third kappa shape index (κ3) is 15.2. The van der Waals surface area contributed by atoms with Crippen LogP contribution >= 0.6 is 8.18 Å². The smallest absolute Gasteiger partial charge is 0.464 e. The minimum atomic E-state index is -2.86. The molecular weight excluding hydrogens is 772 g/mol. The molecule has 4 rings (SSSR count). The van der Waals surface area contributed by atoms with Gasteiger partial charge in [-0.25, -0.2) is 13.8 Å². The molecule has 0 aliphatic carbocycles. The SMILES string of the molecule is C#C[C@]1(CO[P+](=O)N[C@@H](Cc2cc(F)cc(F)c2)C(=O)OCCCCCCCCCCCCCCCCCCCCC)O[C@@H](n2cnc3c(N)nc(F)nc32)C[C@@H]1O. The number of esters is 1. The summed E-state index contributed by atoms with van der Waals surface area (Å²) >= 11 is 0. The average molecular weight is 834 g/mol. The molecule has 1 aliphatic heterocycles. The summed E-state index contributed by atoms with van der Waals surface area (Å²) in [4.78, 5) is 24.5. The van der Waals surface area contributed by atoms with Gasteiger partial charge in [-0.3, -0.25) is 9.36 Å². The molecule has 16 heteroatoms. The maximum absolute atomic E-state index is 14.0. The number of rotatable bonds is 29. The summed E-state index contributed by atoms with van der Waals surface area (Å²) in [7, 11) is -2.86. The number of nitrogens with one attached hydrogen (secondary N) is 1. The zero-order chi connectivity index (χ0) is 41.8. The first-order chi connectivity index (χ1) is 28.0. The molecule has 2 aromatic heterocycles.